The first kappa shape index (κ1) is 20.0. The van der Waals surface area contributed by atoms with Gasteiger partial charge in [-0.3, -0.25) is 4.79 Å². The number of rotatable bonds is 5. The number of piperazine rings is 1. The normalized spacial score (nSPS) is 15.4. The number of carbonyl (C=O) groups excluding carboxylic acids is 2. The molecule has 0 unspecified atom stereocenters. The van der Waals surface area contributed by atoms with Gasteiger partial charge >= 0.3 is 5.97 Å². The fourth-order valence-electron chi connectivity index (χ4n) is 2.89. The van der Waals surface area contributed by atoms with Crippen LogP contribution in [0.4, 0.5) is 0 Å². The van der Waals surface area contributed by atoms with Gasteiger partial charge in [0.2, 0.25) is 10.0 Å². The molecule has 0 saturated carbocycles. The number of aryl methyl sites for hydroxylation is 1. The van der Waals surface area contributed by atoms with E-state index in [4.69, 9.17) is 9.26 Å². The lowest BCUT2D eigenvalue weighted by atomic mass is 10.2. The predicted molar refractivity (Wildman–Crippen MR) is 98.3 cm³/mol. The molecule has 1 aliphatic heterocycles. The Kier molecular flexibility index (Phi) is 5.80. The SMILES string of the molecule is CCOC(=O)c1ccc(S(=O)(=O)N2CCN(C(=O)c3cc(C)on3)CC2)cc1. The van der Waals surface area contributed by atoms with Gasteiger partial charge in [-0.05, 0) is 38.1 Å². The van der Waals surface area contributed by atoms with Gasteiger partial charge < -0.3 is 14.2 Å². The second-order valence-corrected chi connectivity index (χ2v) is 8.20. The maximum Gasteiger partial charge on any atom is 0.338 e. The smallest absolute Gasteiger partial charge is 0.338 e. The van der Waals surface area contributed by atoms with E-state index in [0.717, 1.165) is 0 Å². The second kappa shape index (κ2) is 8.11. The predicted octanol–water partition coefficient (Wildman–Crippen LogP) is 1.31. The Balaban J connectivity index is 1.66. The number of hydrogen-bond donors (Lipinski definition) is 0. The van der Waals surface area contributed by atoms with Crippen LogP contribution in [0.15, 0.2) is 39.8 Å². The van der Waals surface area contributed by atoms with Crippen LogP contribution >= 0.6 is 0 Å². The van der Waals surface area contributed by atoms with Crippen molar-refractivity contribution in [2.75, 3.05) is 32.8 Å². The molecule has 0 N–H and O–H groups in total. The zero-order valence-corrected chi connectivity index (χ0v) is 16.4. The van der Waals surface area contributed by atoms with E-state index in [1.807, 2.05) is 0 Å². The summed E-state index contributed by atoms with van der Waals surface area (Å²) in [7, 11) is -3.72. The largest absolute Gasteiger partial charge is 0.462 e. The second-order valence-electron chi connectivity index (χ2n) is 6.26. The lowest BCUT2D eigenvalue weighted by Gasteiger charge is -2.33. The van der Waals surface area contributed by atoms with Crippen LogP contribution in [-0.4, -0.2) is 67.4 Å². The molecule has 10 heteroatoms. The van der Waals surface area contributed by atoms with Crippen molar-refractivity contribution in [1.82, 2.24) is 14.4 Å². The summed E-state index contributed by atoms with van der Waals surface area (Å²) in [6, 6.07) is 7.18. The maximum absolute atomic E-state index is 12.8. The molecule has 0 bridgehead atoms. The van der Waals surface area contributed by atoms with Crippen LogP contribution in [0.5, 0.6) is 0 Å². The Morgan fingerprint density at radius 1 is 1.14 bits per heavy atom. The molecule has 150 valence electrons. The molecule has 1 aromatic heterocycles. The standard InChI is InChI=1S/C18H21N3O6S/c1-3-26-18(23)14-4-6-15(7-5-14)28(24,25)21-10-8-20(9-11-21)17(22)16-12-13(2)27-19-16/h4-7,12H,3,8-11H2,1-2H3. The molecule has 3 rings (SSSR count). The van der Waals surface area contributed by atoms with Crippen molar-refractivity contribution in [3.05, 3.63) is 47.3 Å². The van der Waals surface area contributed by atoms with Crippen LogP contribution in [0.25, 0.3) is 0 Å². The van der Waals surface area contributed by atoms with Crippen LogP contribution in [0.3, 0.4) is 0 Å². The molecule has 2 heterocycles. The summed E-state index contributed by atoms with van der Waals surface area (Å²) in [6.45, 7) is 4.49. The Morgan fingerprint density at radius 3 is 2.32 bits per heavy atom. The fourth-order valence-corrected chi connectivity index (χ4v) is 4.31. The van der Waals surface area contributed by atoms with E-state index in [2.05, 4.69) is 5.16 Å². The van der Waals surface area contributed by atoms with E-state index in [-0.39, 0.29) is 49.3 Å². The van der Waals surface area contributed by atoms with Crippen LogP contribution < -0.4 is 0 Å². The maximum atomic E-state index is 12.8. The molecule has 0 aliphatic carbocycles. The molecule has 1 aliphatic rings. The van der Waals surface area contributed by atoms with Crippen LogP contribution in [0, 0.1) is 6.92 Å². The molecular formula is C18H21N3O6S. The minimum absolute atomic E-state index is 0.0902. The minimum Gasteiger partial charge on any atom is -0.462 e. The molecule has 1 aromatic carbocycles. The van der Waals surface area contributed by atoms with Gasteiger partial charge in [0, 0.05) is 32.2 Å². The number of ether oxygens (including phenoxy) is 1. The Morgan fingerprint density at radius 2 is 1.79 bits per heavy atom. The van der Waals surface area contributed by atoms with E-state index in [9.17, 15) is 18.0 Å². The summed E-state index contributed by atoms with van der Waals surface area (Å²) in [6.07, 6.45) is 0. The van der Waals surface area contributed by atoms with E-state index in [1.54, 1.807) is 24.8 Å². The lowest BCUT2D eigenvalue weighted by Crippen LogP contribution is -2.50. The summed E-state index contributed by atoms with van der Waals surface area (Å²) >= 11 is 0. The average molecular weight is 407 g/mol. The highest BCUT2D eigenvalue weighted by molar-refractivity contribution is 7.89. The van der Waals surface area contributed by atoms with Gasteiger partial charge in [-0.15, -0.1) is 0 Å². The molecule has 2 aromatic rings. The number of nitrogens with zero attached hydrogens (tertiary/aromatic N) is 3. The van der Waals surface area contributed by atoms with Crippen molar-refractivity contribution >= 4 is 21.9 Å². The molecular weight excluding hydrogens is 386 g/mol. The van der Waals surface area contributed by atoms with Crippen LogP contribution in [0.2, 0.25) is 0 Å². The molecule has 28 heavy (non-hydrogen) atoms. The van der Waals surface area contributed by atoms with E-state index in [0.29, 0.717) is 11.3 Å². The highest BCUT2D eigenvalue weighted by Gasteiger charge is 2.31. The van der Waals surface area contributed by atoms with Gasteiger partial charge in [-0.2, -0.15) is 4.31 Å². The quantitative estimate of drug-likeness (QED) is 0.687. The van der Waals surface area contributed by atoms with Gasteiger partial charge in [0.25, 0.3) is 5.91 Å². The number of hydrogen-bond acceptors (Lipinski definition) is 7. The summed E-state index contributed by atoms with van der Waals surface area (Å²) in [5, 5.41) is 3.71. The Hall–Kier alpha value is -2.72. The highest BCUT2D eigenvalue weighted by Crippen LogP contribution is 2.19. The van der Waals surface area contributed by atoms with Gasteiger partial charge in [0.15, 0.2) is 5.69 Å². The molecule has 0 spiro atoms. The third-order valence-corrected chi connectivity index (χ3v) is 6.29. The van der Waals surface area contributed by atoms with Gasteiger partial charge in [-0.1, -0.05) is 5.16 Å². The first-order chi connectivity index (χ1) is 13.3. The number of sulfonamides is 1. The van der Waals surface area contributed by atoms with E-state index < -0.39 is 16.0 Å². The van der Waals surface area contributed by atoms with Gasteiger partial charge in [-0.25, -0.2) is 13.2 Å². The molecule has 0 radical (unpaired) electrons. The first-order valence-corrected chi connectivity index (χ1v) is 10.3. The minimum atomic E-state index is -3.72. The zero-order valence-electron chi connectivity index (χ0n) is 15.6. The number of benzene rings is 1. The molecule has 1 saturated heterocycles. The molecule has 9 nitrogen and oxygen atoms in total. The monoisotopic (exact) mass is 407 g/mol. The van der Waals surface area contributed by atoms with Crippen molar-refractivity contribution in [1.29, 1.82) is 0 Å². The summed E-state index contributed by atoms with van der Waals surface area (Å²) in [5.41, 5.74) is 0.502. The Bertz CT molecular complexity index is 959. The Labute approximate surface area is 162 Å². The van der Waals surface area contributed by atoms with Gasteiger partial charge in [0.1, 0.15) is 5.76 Å². The number of esters is 1. The number of aromatic nitrogens is 1. The first-order valence-electron chi connectivity index (χ1n) is 8.83. The van der Waals surface area contributed by atoms with Crippen molar-refractivity contribution in [3.63, 3.8) is 0 Å². The van der Waals surface area contributed by atoms with Crippen molar-refractivity contribution in [2.45, 2.75) is 18.7 Å². The summed E-state index contributed by atoms with van der Waals surface area (Å²) < 4.78 is 36.8. The van der Waals surface area contributed by atoms with Crippen molar-refractivity contribution in [3.8, 4) is 0 Å². The fraction of sp³-hybridized carbons (Fsp3) is 0.389. The van der Waals surface area contributed by atoms with Crippen LogP contribution in [-0.2, 0) is 14.8 Å². The van der Waals surface area contributed by atoms with Crippen LogP contribution in [0.1, 0.15) is 33.5 Å². The summed E-state index contributed by atoms with van der Waals surface area (Å²) in [4.78, 5) is 25.7. The van der Waals surface area contributed by atoms with E-state index >= 15 is 0 Å². The number of amides is 1. The topological polar surface area (TPSA) is 110 Å². The molecule has 1 amide bonds. The molecule has 1 fully saturated rings. The third kappa shape index (κ3) is 4.07. The average Bonchev–Trinajstić information content (AvgIpc) is 3.14. The van der Waals surface area contributed by atoms with Gasteiger partial charge in [0.05, 0.1) is 17.1 Å². The van der Waals surface area contributed by atoms with Crippen molar-refractivity contribution < 1.29 is 27.3 Å². The summed E-state index contributed by atoms with van der Waals surface area (Å²) in [5.74, 6) is -0.245. The molecule has 0 atom stereocenters. The van der Waals surface area contributed by atoms with E-state index in [1.165, 1.54) is 28.6 Å². The zero-order chi connectivity index (χ0) is 20.3. The lowest BCUT2D eigenvalue weighted by molar-refractivity contribution is 0.0526. The third-order valence-electron chi connectivity index (χ3n) is 4.38. The highest BCUT2D eigenvalue weighted by atomic mass is 32.2. The number of carbonyl (C=O) groups is 2. The van der Waals surface area contributed by atoms with Crippen molar-refractivity contribution in [2.24, 2.45) is 0 Å².